The molecule has 0 bridgehead atoms. The van der Waals surface area contributed by atoms with Gasteiger partial charge in [-0.15, -0.1) is 0 Å². The van der Waals surface area contributed by atoms with Gasteiger partial charge in [-0.3, -0.25) is 0 Å². The van der Waals surface area contributed by atoms with Crippen molar-refractivity contribution in [2.45, 2.75) is 6.10 Å². The Kier molecular flexibility index (Phi) is 3.78. The van der Waals surface area contributed by atoms with Gasteiger partial charge in [0.15, 0.2) is 0 Å². The van der Waals surface area contributed by atoms with Crippen LogP contribution in [-0.4, -0.2) is 23.3 Å². The van der Waals surface area contributed by atoms with E-state index in [-0.39, 0.29) is 11.5 Å². The van der Waals surface area contributed by atoms with Crippen molar-refractivity contribution >= 4 is 17.6 Å². The van der Waals surface area contributed by atoms with E-state index in [0.29, 0.717) is 16.3 Å². The van der Waals surface area contributed by atoms with Crippen molar-refractivity contribution in [1.82, 2.24) is 0 Å². The molecule has 0 fully saturated rings. The molecule has 1 atom stereocenters. The molecule has 6 heteroatoms. The maximum Gasteiger partial charge on any atom is 0.371 e. The number of hydrogen-bond acceptors (Lipinski definition) is 4. The normalized spacial score (nSPS) is 12.2. The molecule has 0 saturated heterocycles. The highest BCUT2D eigenvalue weighted by atomic mass is 35.5. The molecule has 0 radical (unpaired) electrons. The predicted octanol–water partition coefficient (Wildman–Crippen LogP) is 2.72. The number of aliphatic hydroxyl groups is 1. The number of aromatic carboxylic acids is 1. The van der Waals surface area contributed by atoms with Crippen LogP contribution in [0.3, 0.4) is 0 Å². The van der Waals surface area contributed by atoms with E-state index in [9.17, 15) is 9.90 Å². The molecule has 1 aromatic heterocycles. The number of carbonyl (C=O) groups is 1. The van der Waals surface area contributed by atoms with Gasteiger partial charge in [0.25, 0.3) is 0 Å². The average Bonchev–Trinajstić information content (AvgIpc) is 2.87. The van der Waals surface area contributed by atoms with Crippen molar-refractivity contribution in [3.05, 3.63) is 52.4 Å². The van der Waals surface area contributed by atoms with E-state index in [2.05, 4.69) is 0 Å². The molecular formula is C13H11ClO5. The number of benzene rings is 1. The van der Waals surface area contributed by atoms with Crippen LogP contribution in [0, 0.1) is 0 Å². The average molecular weight is 283 g/mol. The van der Waals surface area contributed by atoms with Gasteiger partial charge in [-0.1, -0.05) is 17.7 Å². The minimum absolute atomic E-state index is 0.0869. The first kappa shape index (κ1) is 13.5. The topological polar surface area (TPSA) is 79.9 Å². The molecule has 0 amide bonds. The zero-order valence-corrected chi connectivity index (χ0v) is 10.7. The minimum atomic E-state index is -1.20. The molecule has 0 aliphatic rings. The van der Waals surface area contributed by atoms with Gasteiger partial charge in [0, 0.05) is 5.56 Å². The minimum Gasteiger partial charge on any atom is -0.496 e. The molecule has 2 aromatic rings. The first-order chi connectivity index (χ1) is 9.04. The van der Waals surface area contributed by atoms with E-state index in [1.807, 2.05) is 0 Å². The SMILES string of the molecule is COc1cccc(Cl)c1C(O)c1ccc(C(=O)O)o1. The van der Waals surface area contributed by atoms with E-state index in [1.54, 1.807) is 18.2 Å². The quantitative estimate of drug-likeness (QED) is 0.901. The molecule has 1 heterocycles. The third-order valence-electron chi connectivity index (χ3n) is 2.61. The zero-order chi connectivity index (χ0) is 14.0. The fourth-order valence-electron chi connectivity index (χ4n) is 1.72. The van der Waals surface area contributed by atoms with Gasteiger partial charge in [-0.2, -0.15) is 0 Å². The summed E-state index contributed by atoms with van der Waals surface area (Å²) in [6.07, 6.45) is -1.20. The van der Waals surface area contributed by atoms with Crippen LogP contribution in [0.4, 0.5) is 0 Å². The maximum atomic E-state index is 10.7. The second-order valence-corrected chi connectivity index (χ2v) is 4.17. The number of halogens is 1. The Morgan fingerprint density at radius 1 is 1.37 bits per heavy atom. The molecular weight excluding hydrogens is 272 g/mol. The standard InChI is InChI=1S/C13H11ClO5/c1-18-8-4-2-3-7(14)11(8)12(15)9-5-6-10(19-9)13(16)17/h2-6,12,15H,1H3,(H,16,17). The molecule has 5 nitrogen and oxygen atoms in total. The Balaban J connectivity index is 2.43. The number of methoxy groups -OCH3 is 1. The third-order valence-corrected chi connectivity index (χ3v) is 2.94. The van der Waals surface area contributed by atoms with Gasteiger partial charge >= 0.3 is 5.97 Å². The van der Waals surface area contributed by atoms with Crippen LogP contribution in [-0.2, 0) is 0 Å². The van der Waals surface area contributed by atoms with Crippen LogP contribution >= 0.6 is 11.6 Å². The Labute approximate surface area is 114 Å². The predicted molar refractivity (Wildman–Crippen MR) is 67.7 cm³/mol. The van der Waals surface area contributed by atoms with Gasteiger partial charge in [-0.25, -0.2) is 4.79 Å². The van der Waals surface area contributed by atoms with E-state index in [4.69, 9.17) is 25.9 Å². The lowest BCUT2D eigenvalue weighted by Gasteiger charge is -2.14. The summed E-state index contributed by atoms with van der Waals surface area (Å²) in [4.78, 5) is 10.7. The summed E-state index contributed by atoms with van der Waals surface area (Å²) in [6, 6.07) is 7.58. The molecule has 19 heavy (non-hydrogen) atoms. The Morgan fingerprint density at radius 3 is 2.68 bits per heavy atom. The summed E-state index contributed by atoms with van der Waals surface area (Å²) in [7, 11) is 1.45. The van der Waals surface area contributed by atoms with Crippen LogP contribution < -0.4 is 4.74 Å². The summed E-state index contributed by atoms with van der Waals surface area (Å²) in [5.41, 5.74) is 0.331. The van der Waals surface area contributed by atoms with Gasteiger partial charge in [-0.05, 0) is 24.3 Å². The Morgan fingerprint density at radius 2 is 2.11 bits per heavy atom. The second kappa shape index (κ2) is 5.34. The van der Waals surface area contributed by atoms with Crippen LogP contribution in [0.2, 0.25) is 5.02 Å². The first-order valence-corrected chi connectivity index (χ1v) is 5.76. The number of ether oxygens (including phenoxy) is 1. The molecule has 2 N–H and O–H groups in total. The number of carboxylic acid groups (broad SMARTS) is 1. The molecule has 100 valence electrons. The molecule has 1 unspecified atom stereocenters. The summed E-state index contributed by atoms with van der Waals surface area (Å²) in [5, 5.41) is 19.3. The van der Waals surface area contributed by atoms with Gasteiger partial charge in [0.1, 0.15) is 17.6 Å². The summed E-state index contributed by atoms with van der Waals surface area (Å²) >= 11 is 6.02. The van der Waals surface area contributed by atoms with Crippen molar-refractivity contribution in [2.75, 3.05) is 7.11 Å². The van der Waals surface area contributed by atoms with E-state index in [1.165, 1.54) is 19.2 Å². The highest BCUT2D eigenvalue weighted by Gasteiger charge is 2.23. The fourth-order valence-corrected chi connectivity index (χ4v) is 1.99. The molecule has 0 aliphatic carbocycles. The molecule has 0 aliphatic heterocycles. The fraction of sp³-hybridized carbons (Fsp3) is 0.154. The monoisotopic (exact) mass is 282 g/mol. The summed E-state index contributed by atoms with van der Waals surface area (Å²) < 4.78 is 10.2. The lowest BCUT2D eigenvalue weighted by Crippen LogP contribution is -2.02. The first-order valence-electron chi connectivity index (χ1n) is 5.38. The van der Waals surface area contributed by atoms with E-state index in [0.717, 1.165) is 0 Å². The van der Waals surface area contributed by atoms with Crippen LogP contribution in [0.15, 0.2) is 34.7 Å². The van der Waals surface area contributed by atoms with Crippen molar-refractivity contribution in [3.63, 3.8) is 0 Å². The van der Waals surface area contributed by atoms with E-state index < -0.39 is 12.1 Å². The third kappa shape index (κ3) is 2.57. The van der Waals surface area contributed by atoms with Crippen molar-refractivity contribution in [3.8, 4) is 5.75 Å². The molecule has 0 saturated carbocycles. The molecule has 0 spiro atoms. The highest BCUT2D eigenvalue weighted by Crippen LogP contribution is 2.36. The number of carboxylic acids is 1. The lowest BCUT2D eigenvalue weighted by atomic mass is 10.1. The number of rotatable bonds is 4. The van der Waals surface area contributed by atoms with Gasteiger partial charge < -0.3 is 19.4 Å². The number of aliphatic hydroxyl groups excluding tert-OH is 1. The number of hydrogen-bond donors (Lipinski definition) is 2. The second-order valence-electron chi connectivity index (χ2n) is 3.77. The zero-order valence-electron chi connectivity index (χ0n) is 9.96. The summed E-state index contributed by atoms with van der Waals surface area (Å²) in [5.74, 6) is -0.971. The highest BCUT2D eigenvalue weighted by molar-refractivity contribution is 6.31. The van der Waals surface area contributed by atoms with Gasteiger partial charge in [0.2, 0.25) is 5.76 Å². The Bertz CT molecular complexity index is 605. The van der Waals surface area contributed by atoms with Crippen molar-refractivity contribution in [1.29, 1.82) is 0 Å². The molecule has 1 aromatic carbocycles. The van der Waals surface area contributed by atoms with Crippen molar-refractivity contribution < 1.29 is 24.2 Å². The molecule has 2 rings (SSSR count). The van der Waals surface area contributed by atoms with Crippen LogP contribution in [0.25, 0.3) is 0 Å². The largest absolute Gasteiger partial charge is 0.496 e. The summed E-state index contributed by atoms with van der Waals surface area (Å²) in [6.45, 7) is 0. The number of furan rings is 1. The van der Waals surface area contributed by atoms with Crippen molar-refractivity contribution in [2.24, 2.45) is 0 Å². The van der Waals surface area contributed by atoms with Crippen LogP contribution in [0.5, 0.6) is 5.75 Å². The lowest BCUT2D eigenvalue weighted by molar-refractivity contribution is 0.0655. The Hall–Kier alpha value is -1.98. The van der Waals surface area contributed by atoms with E-state index >= 15 is 0 Å². The van der Waals surface area contributed by atoms with Gasteiger partial charge in [0.05, 0.1) is 12.1 Å². The van der Waals surface area contributed by atoms with Crippen LogP contribution in [0.1, 0.15) is 28.0 Å². The smallest absolute Gasteiger partial charge is 0.371 e. The maximum absolute atomic E-state index is 10.7.